The number of aryl methyl sites for hydroxylation is 1. The van der Waals surface area contributed by atoms with Gasteiger partial charge in [-0.25, -0.2) is 14.6 Å². The molecule has 0 spiro atoms. The van der Waals surface area contributed by atoms with E-state index in [1.54, 1.807) is 20.8 Å². The van der Waals surface area contributed by atoms with Gasteiger partial charge in [0.25, 0.3) is 11.6 Å². The third-order valence-corrected chi connectivity index (χ3v) is 5.69. The number of nitrogens with one attached hydrogen (secondary N) is 2. The van der Waals surface area contributed by atoms with Crippen LogP contribution in [0.3, 0.4) is 0 Å². The third-order valence-electron chi connectivity index (χ3n) is 3.56. The van der Waals surface area contributed by atoms with Crippen molar-refractivity contribution in [1.29, 1.82) is 0 Å². The molecule has 3 amide bonds. The number of thiazole rings is 1. The molecule has 1 unspecified atom stereocenters. The highest BCUT2D eigenvalue weighted by atomic mass is 32.2. The van der Waals surface area contributed by atoms with Crippen LogP contribution in [0.1, 0.15) is 43.7 Å². The summed E-state index contributed by atoms with van der Waals surface area (Å²) in [5.74, 6) is -1.75. The highest BCUT2D eigenvalue weighted by Crippen LogP contribution is 2.36. The van der Waals surface area contributed by atoms with E-state index < -0.39 is 34.5 Å². The van der Waals surface area contributed by atoms with Crippen molar-refractivity contribution in [1.82, 2.24) is 15.6 Å². The lowest BCUT2D eigenvalue weighted by Crippen LogP contribution is -2.50. The Hall–Kier alpha value is -2.99. The van der Waals surface area contributed by atoms with Crippen LogP contribution in [0.4, 0.5) is 10.5 Å². The number of rotatable bonds is 6. The zero-order valence-electron chi connectivity index (χ0n) is 17.5. The van der Waals surface area contributed by atoms with Gasteiger partial charge >= 0.3 is 12.0 Å². The number of esters is 1. The lowest BCUT2D eigenvalue weighted by Gasteiger charge is -2.21. The standard InChI is InChI=1S/C19H22N4O6S2/c1-10-9-30-18(20-10)31-14-7-6-12(8-13(14)23(27)28)16(25)29-11(2)15(24)21-17(26)22-19(3,4)5/h6-9,11H,1-5H3,(H2,21,22,24,26). The van der Waals surface area contributed by atoms with Gasteiger partial charge in [-0.15, -0.1) is 11.3 Å². The van der Waals surface area contributed by atoms with Gasteiger partial charge in [-0.2, -0.15) is 0 Å². The van der Waals surface area contributed by atoms with Crippen molar-refractivity contribution in [3.05, 3.63) is 45.0 Å². The molecule has 2 rings (SSSR count). The van der Waals surface area contributed by atoms with E-state index in [0.717, 1.165) is 23.5 Å². The first-order valence-corrected chi connectivity index (χ1v) is 10.8. The van der Waals surface area contributed by atoms with Crippen molar-refractivity contribution in [2.24, 2.45) is 0 Å². The lowest BCUT2D eigenvalue weighted by molar-refractivity contribution is -0.387. The average molecular weight is 467 g/mol. The summed E-state index contributed by atoms with van der Waals surface area (Å²) < 4.78 is 5.69. The van der Waals surface area contributed by atoms with Crippen molar-refractivity contribution < 1.29 is 24.0 Å². The Bertz CT molecular complexity index is 1020. The zero-order chi connectivity index (χ0) is 23.3. The van der Waals surface area contributed by atoms with Crippen molar-refractivity contribution in [2.45, 2.75) is 55.5 Å². The quantitative estimate of drug-likeness (QED) is 0.373. The van der Waals surface area contributed by atoms with Crippen LogP contribution in [0.5, 0.6) is 0 Å². The molecule has 0 aliphatic carbocycles. The Morgan fingerprint density at radius 2 is 1.97 bits per heavy atom. The van der Waals surface area contributed by atoms with Crippen molar-refractivity contribution >= 4 is 46.7 Å². The van der Waals surface area contributed by atoms with Gasteiger partial charge in [0.05, 0.1) is 15.4 Å². The minimum absolute atomic E-state index is 0.0924. The summed E-state index contributed by atoms with van der Waals surface area (Å²) in [4.78, 5) is 51.7. The molecular formula is C19H22N4O6S2. The number of nitro groups is 1. The first-order chi connectivity index (χ1) is 14.4. The molecule has 166 valence electrons. The van der Waals surface area contributed by atoms with E-state index in [2.05, 4.69) is 15.6 Å². The molecule has 0 aliphatic rings. The number of amides is 3. The number of benzene rings is 1. The Morgan fingerprint density at radius 1 is 1.29 bits per heavy atom. The lowest BCUT2D eigenvalue weighted by atomic mass is 10.1. The first kappa shape index (κ1) is 24.3. The maximum Gasteiger partial charge on any atom is 0.339 e. The second-order valence-corrected chi connectivity index (χ2v) is 9.68. The van der Waals surface area contributed by atoms with E-state index >= 15 is 0 Å². The Kier molecular flexibility index (Phi) is 7.74. The molecule has 0 saturated heterocycles. The molecule has 1 atom stereocenters. The van der Waals surface area contributed by atoms with Crippen molar-refractivity contribution in [3.8, 4) is 0 Å². The fourth-order valence-corrected chi connectivity index (χ4v) is 4.09. The Balaban J connectivity index is 2.08. The van der Waals surface area contributed by atoms with E-state index in [-0.39, 0.29) is 11.3 Å². The summed E-state index contributed by atoms with van der Waals surface area (Å²) in [5.41, 5.74) is -0.127. The number of hydrogen-bond acceptors (Lipinski definition) is 9. The molecule has 0 aliphatic heterocycles. The van der Waals surface area contributed by atoms with Crippen LogP contribution in [-0.4, -0.2) is 39.5 Å². The molecule has 0 saturated carbocycles. The van der Waals surface area contributed by atoms with Crippen LogP contribution in [0.2, 0.25) is 0 Å². The molecule has 31 heavy (non-hydrogen) atoms. The predicted molar refractivity (Wildman–Crippen MR) is 115 cm³/mol. The molecule has 2 N–H and O–H groups in total. The maximum atomic E-state index is 12.4. The van der Waals surface area contributed by atoms with E-state index in [4.69, 9.17) is 4.74 Å². The Labute approximate surface area is 186 Å². The first-order valence-electron chi connectivity index (χ1n) is 9.08. The second-order valence-electron chi connectivity index (χ2n) is 7.54. The number of carbonyl (C=O) groups excluding carboxylic acids is 3. The minimum atomic E-state index is -1.29. The molecule has 12 heteroatoms. The minimum Gasteiger partial charge on any atom is -0.449 e. The molecule has 10 nitrogen and oxygen atoms in total. The highest BCUT2D eigenvalue weighted by molar-refractivity contribution is 8.01. The highest BCUT2D eigenvalue weighted by Gasteiger charge is 2.25. The number of imide groups is 1. The molecule has 2 aromatic rings. The number of ether oxygens (including phenoxy) is 1. The smallest absolute Gasteiger partial charge is 0.339 e. The number of urea groups is 1. The van der Waals surface area contributed by atoms with Gasteiger partial charge in [-0.1, -0.05) is 11.8 Å². The molecule has 1 aromatic heterocycles. The van der Waals surface area contributed by atoms with Crippen LogP contribution in [-0.2, 0) is 9.53 Å². The summed E-state index contributed by atoms with van der Waals surface area (Å²) in [5, 5.41) is 17.9. The van der Waals surface area contributed by atoms with Gasteiger partial charge in [-0.05, 0) is 46.8 Å². The Morgan fingerprint density at radius 3 is 2.52 bits per heavy atom. The van der Waals surface area contributed by atoms with Crippen LogP contribution in [0, 0.1) is 17.0 Å². The van der Waals surface area contributed by atoms with Gasteiger partial charge in [-0.3, -0.25) is 20.2 Å². The molecule has 0 bridgehead atoms. The molecule has 1 heterocycles. The topological polar surface area (TPSA) is 141 Å². The van der Waals surface area contributed by atoms with Gasteiger partial charge < -0.3 is 10.1 Å². The molecular weight excluding hydrogens is 444 g/mol. The van der Waals surface area contributed by atoms with Crippen LogP contribution in [0.15, 0.2) is 32.8 Å². The van der Waals surface area contributed by atoms with E-state index in [1.807, 2.05) is 12.3 Å². The fraction of sp³-hybridized carbons (Fsp3) is 0.368. The summed E-state index contributed by atoms with van der Waals surface area (Å²) >= 11 is 2.47. The maximum absolute atomic E-state index is 12.4. The number of hydrogen-bond donors (Lipinski definition) is 2. The van der Waals surface area contributed by atoms with Crippen molar-refractivity contribution in [3.63, 3.8) is 0 Å². The SMILES string of the molecule is Cc1csc(Sc2ccc(C(=O)OC(C)C(=O)NC(=O)NC(C)(C)C)cc2[N+](=O)[O-])n1. The molecule has 1 aromatic carbocycles. The normalized spacial score (nSPS) is 12.0. The number of nitro benzene ring substituents is 1. The second kappa shape index (κ2) is 9.88. The number of aromatic nitrogens is 1. The van der Waals surface area contributed by atoms with E-state index in [9.17, 15) is 24.5 Å². The fourth-order valence-electron chi connectivity index (χ4n) is 2.21. The number of nitrogens with zero attached hydrogens (tertiary/aromatic N) is 2. The average Bonchev–Trinajstić information content (AvgIpc) is 3.04. The van der Waals surface area contributed by atoms with Crippen molar-refractivity contribution in [2.75, 3.05) is 0 Å². The summed E-state index contributed by atoms with van der Waals surface area (Å²) in [7, 11) is 0. The van der Waals surface area contributed by atoms with Crippen LogP contribution >= 0.6 is 23.1 Å². The number of carbonyl (C=O) groups is 3. The summed E-state index contributed by atoms with van der Waals surface area (Å²) in [6.45, 7) is 8.33. The molecule has 0 radical (unpaired) electrons. The van der Waals surface area contributed by atoms with E-state index in [0.29, 0.717) is 9.24 Å². The summed E-state index contributed by atoms with van der Waals surface area (Å²) in [6, 6.07) is 3.16. The van der Waals surface area contributed by atoms with Gasteiger partial charge in [0, 0.05) is 22.7 Å². The summed E-state index contributed by atoms with van der Waals surface area (Å²) in [6.07, 6.45) is -1.29. The third kappa shape index (κ3) is 7.33. The zero-order valence-corrected chi connectivity index (χ0v) is 19.2. The van der Waals surface area contributed by atoms with E-state index in [1.165, 1.54) is 30.4 Å². The van der Waals surface area contributed by atoms with Gasteiger partial charge in [0.2, 0.25) is 0 Å². The van der Waals surface area contributed by atoms with Gasteiger partial charge in [0.1, 0.15) is 0 Å². The molecule has 0 fully saturated rings. The van der Waals surface area contributed by atoms with Crippen LogP contribution < -0.4 is 10.6 Å². The predicted octanol–water partition coefficient (Wildman–Crippen LogP) is 3.68. The van der Waals surface area contributed by atoms with Crippen LogP contribution in [0.25, 0.3) is 0 Å². The monoisotopic (exact) mass is 466 g/mol. The largest absolute Gasteiger partial charge is 0.449 e. The van der Waals surface area contributed by atoms with Gasteiger partial charge in [0.15, 0.2) is 10.4 Å².